The second-order valence-corrected chi connectivity index (χ2v) is 4.67. The molecular formula is C11H7BrClN3O2. The molecule has 18 heavy (non-hydrogen) atoms. The zero-order chi connectivity index (χ0) is 13.1. The van der Waals surface area contributed by atoms with E-state index < -0.39 is 5.91 Å². The minimum Gasteiger partial charge on any atom is -0.325 e. The Bertz CT molecular complexity index is 636. The zero-order valence-electron chi connectivity index (χ0n) is 8.91. The number of nitrogens with one attached hydrogen (secondary N) is 2. The Labute approximate surface area is 115 Å². The van der Waals surface area contributed by atoms with E-state index in [1.807, 2.05) is 0 Å². The standard InChI is InChI=1S/C11H7BrClN3O2/c12-7-2-1-6(13)3-8(7)16-11(18)9-4-15-10(17)5-14-9/h1-5H,(H,15,17)(H,16,18). The van der Waals surface area contributed by atoms with Gasteiger partial charge in [-0.25, -0.2) is 4.98 Å². The van der Waals surface area contributed by atoms with Gasteiger partial charge in [-0.1, -0.05) is 11.6 Å². The van der Waals surface area contributed by atoms with Crippen LogP contribution in [0.4, 0.5) is 5.69 Å². The van der Waals surface area contributed by atoms with Gasteiger partial charge >= 0.3 is 0 Å². The van der Waals surface area contributed by atoms with Crippen molar-refractivity contribution in [3.8, 4) is 0 Å². The second kappa shape index (κ2) is 5.32. The van der Waals surface area contributed by atoms with Crippen LogP contribution in [0.5, 0.6) is 0 Å². The average molecular weight is 329 g/mol. The van der Waals surface area contributed by atoms with Crippen molar-refractivity contribution in [3.63, 3.8) is 0 Å². The van der Waals surface area contributed by atoms with Gasteiger partial charge in [-0.05, 0) is 34.1 Å². The van der Waals surface area contributed by atoms with Gasteiger partial charge in [-0.2, -0.15) is 0 Å². The molecule has 92 valence electrons. The van der Waals surface area contributed by atoms with Crippen molar-refractivity contribution in [2.75, 3.05) is 5.32 Å². The number of halogens is 2. The van der Waals surface area contributed by atoms with Crippen LogP contribution in [0.25, 0.3) is 0 Å². The third kappa shape index (κ3) is 2.96. The number of hydrogen-bond donors (Lipinski definition) is 2. The van der Waals surface area contributed by atoms with E-state index in [0.717, 1.165) is 6.20 Å². The summed E-state index contributed by atoms with van der Waals surface area (Å²) >= 11 is 9.12. The average Bonchev–Trinajstić information content (AvgIpc) is 2.34. The number of carbonyl (C=O) groups is 1. The predicted molar refractivity (Wildman–Crippen MR) is 72.0 cm³/mol. The van der Waals surface area contributed by atoms with Crippen molar-refractivity contribution < 1.29 is 4.79 Å². The number of amides is 1. The Kier molecular flexibility index (Phi) is 3.78. The predicted octanol–water partition coefficient (Wildman–Crippen LogP) is 2.44. The van der Waals surface area contributed by atoms with Crippen LogP contribution in [0.1, 0.15) is 10.5 Å². The lowest BCUT2D eigenvalue weighted by Gasteiger charge is -2.06. The number of anilines is 1. The fraction of sp³-hybridized carbons (Fsp3) is 0. The number of aromatic amines is 1. The first-order valence-electron chi connectivity index (χ1n) is 4.87. The molecule has 0 bridgehead atoms. The van der Waals surface area contributed by atoms with E-state index in [1.54, 1.807) is 18.2 Å². The molecule has 0 spiro atoms. The molecule has 7 heteroatoms. The Morgan fingerprint density at radius 2 is 2.22 bits per heavy atom. The Hall–Kier alpha value is -1.66. The van der Waals surface area contributed by atoms with Crippen LogP contribution in [0, 0.1) is 0 Å². The molecule has 5 nitrogen and oxygen atoms in total. The maximum absolute atomic E-state index is 11.8. The number of benzene rings is 1. The van der Waals surface area contributed by atoms with Gasteiger partial charge in [0.1, 0.15) is 5.69 Å². The summed E-state index contributed by atoms with van der Waals surface area (Å²) in [6.07, 6.45) is 2.29. The fourth-order valence-corrected chi connectivity index (χ4v) is 1.76. The molecular weight excluding hydrogens is 321 g/mol. The highest BCUT2D eigenvalue weighted by molar-refractivity contribution is 9.10. The van der Waals surface area contributed by atoms with E-state index >= 15 is 0 Å². The topological polar surface area (TPSA) is 74.8 Å². The van der Waals surface area contributed by atoms with Crippen LogP contribution in [-0.4, -0.2) is 15.9 Å². The molecule has 2 aromatic rings. The lowest BCUT2D eigenvalue weighted by molar-refractivity contribution is 0.102. The molecule has 2 N–H and O–H groups in total. The maximum atomic E-state index is 11.8. The first-order valence-corrected chi connectivity index (χ1v) is 6.04. The first-order chi connectivity index (χ1) is 8.56. The molecule has 0 saturated heterocycles. The molecule has 0 atom stereocenters. The van der Waals surface area contributed by atoms with Crippen LogP contribution in [0.15, 0.2) is 39.9 Å². The minimum absolute atomic E-state index is 0.112. The molecule has 0 aliphatic heterocycles. The van der Waals surface area contributed by atoms with Crippen molar-refractivity contribution in [3.05, 3.63) is 56.1 Å². The lowest BCUT2D eigenvalue weighted by Crippen LogP contribution is -2.17. The fourth-order valence-electron chi connectivity index (χ4n) is 1.25. The van der Waals surface area contributed by atoms with Crippen molar-refractivity contribution >= 4 is 39.1 Å². The van der Waals surface area contributed by atoms with Crippen LogP contribution in [-0.2, 0) is 0 Å². The Balaban J connectivity index is 2.23. The molecule has 1 aromatic heterocycles. The summed E-state index contributed by atoms with van der Waals surface area (Å²) in [5, 5.41) is 3.13. The van der Waals surface area contributed by atoms with E-state index in [4.69, 9.17) is 11.6 Å². The molecule has 1 heterocycles. The molecule has 0 radical (unpaired) electrons. The highest BCUT2D eigenvalue weighted by Gasteiger charge is 2.10. The van der Waals surface area contributed by atoms with Gasteiger partial charge in [0.2, 0.25) is 0 Å². The SMILES string of the molecule is O=C(Nc1cc(Cl)ccc1Br)c1c[nH]c(=O)cn1. The summed E-state index contributed by atoms with van der Waals surface area (Å²) in [5.74, 6) is -0.436. The summed E-state index contributed by atoms with van der Waals surface area (Å²) in [5.41, 5.74) is 0.275. The number of aromatic nitrogens is 2. The van der Waals surface area contributed by atoms with Crippen molar-refractivity contribution in [2.45, 2.75) is 0 Å². The molecule has 0 aliphatic rings. The zero-order valence-corrected chi connectivity index (χ0v) is 11.2. The summed E-state index contributed by atoms with van der Waals surface area (Å²) < 4.78 is 0.699. The molecule has 2 rings (SSSR count). The number of nitrogens with zero attached hydrogens (tertiary/aromatic N) is 1. The van der Waals surface area contributed by atoms with Crippen molar-refractivity contribution in [2.24, 2.45) is 0 Å². The number of H-pyrrole nitrogens is 1. The maximum Gasteiger partial charge on any atom is 0.275 e. The second-order valence-electron chi connectivity index (χ2n) is 3.37. The van der Waals surface area contributed by atoms with Crippen LogP contribution in [0.2, 0.25) is 5.02 Å². The third-order valence-electron chi connectivity index (χ3n) is 2.08. The number of hydrogen-bond acceptors (Lipinski definition) is 3. The summed E-state index contributed by atoms with van der Waals surface area (Å²) in [6, 6.07) is 5.02. The Morgan fingerprint density at radius 3 is 2.89 bits per heavy atom. The van der Waals surface area contributed by atoms with Crippen LogP contribution >= 0.6 is 27.5 Å². The summed E-state index contributed by atoms with van der Waals surface area (Å²) in [6.45, 7) is 0. The van der Waals surface area contributed by atoms with Crippen LogP contribution in [0.3, 0.4) is 0 Å². The first kappa shape index (κ1) is 12.8. The van der Waals surface area contributed by atoms with Gasteiger partial charge in [0, 0.05) is 15.7 Å². The smallest absolute Gasteiger partial charge is 0.275 e. The molecule has 0 saturated carbocycles. The van der Waals surface area contributed by atoms with Gasteiger partial charge in [0.25, 0.3) is 11.5 Å². The molecule has 1 amide bonds. The van der Waals surface area contributed by atoms with Gasteiger partial charge in [-0.3, -0.25) is 9.59 Å². The van der Waals surface area contributed by atoms with E-state index in [1.165, 1.54) is 6.20 Å². The normalized spacial score (nSPS) is 10.1. The third-order valence-corrected chi connectivity index (χ3v) is 3.01. The highest BCUT2D eigenvalue weighted by Crippen LogP contribution is 2.26. The van der Waals surface area contributed by atoms with E-state index in [9.17, 15) is 9.59 Å². The summed E-state index contributed by atoms with van der Waals surface area (Å²) in [4.78, 5) is 28.8. The molecule has 0 aliphatic carbocycles. The van der Waals surface area contributed by atoms with Gasteiger partial charge in [-0.15, -0.1) is 0 Å². The molecule has 0 unspecified atom stereocenters. The van der Waals surface area contributed by atoms with Crippen molar-refractivity contribution in [1.82, 2.24) is 9.97 Å². The van der Waals surface area contributed by atoms with E-state index in [-0.39, 0.29) is 11.3 Å². The van der Waals surface area contributed by atoms with Gasteiger partial charge in [0.05, 0.1) is 11.9 Å². The quantitative estimate of drug-likeness (QED) is 0.889. The molecule has 1 aromatic carbocycles. The van der Waals surface area contributed by atoms with E-state index in [2.05, 4.69) is 31.2 Å². The minimum atomic E-state index is -0.436. The van der Waals surface area contributed by atoms with Gasteiger partial charge < -0.3 is 10.3 Å². The Morgan fingerprint density at radius 1 is 1.44 bits per heavy atom. The lowest BCUT2D eigenvalue weighted by atomic mass is 10.3. The summed E-state index contributed by atoms with van der Waals surface area (Å²) in [7, 11) is 0. The van der Waals surface area contributed by atoms with Crippen LogP contribution < -0.4 is 10.9 Å². The highest BCUT2D eigenvalue weighted by atomic mass is 79.9. The number of rotatable bonds is 2. The monoisotopic (exact) mass is 327 g/mol. The molecule has 0 fully saturated rings. The number of carbonyl (C=O) groups excluding carboxylic acids is 1. The van der Waals surface area contributed by atoms with Gasteiger partial charge in [0.15, 0.2) is 0 Å². The van der Waals surface area contributed by atoms with E-state index in [0.29, 0.717) is 15.2 Å². The van der Waals surface area contributed by atoms with Crippen molar-refractivity contribution in [1.29, 1.82) is 0 Å². The largest absolute Gasteiger partial charge is 0.325 e.